The van der Waals surface area contributed by atoms with Crippen LogP contribution < -0.4 is 0 Å². The first-order chi connectivity index (χ1) is 8.11. The van der Waals surface area contributed by atoms with Gasteiger partial charge in [-0.3, -0.25) is 4.79 Å². The van der Waals surface area contributed by atoms with Gasteiger partial charge >= 0.3 is 0 Å². The molecule has 0 heterocycles. The summed E-state index contributed by atoms with van der Waals surface area (Å²) in [7, 11) is 0. The van der Waals surface area contributed by atoms with Crippen molar-refractivity contribution in [3.8, 4) is 6.07 Å². The van der Waals surface area contributed by atoms with Crippen molar-refractivity contribution in [1.82, 2.24) is 4.90 Å². The van der Waals surface area contributed by atoms with Crippen LogP contribution in [0.1, 0.15) is 23.7 Å². The van der Waals surface area contributed by atoms with E-state index in [0.717, 1.165) is 6.07 Å². The van der Waals surface area contributed by atoms with E-state index in [1.165, 1.54) is 17.0 Å². The van der Waals surface area contributed by atoms with Crippen LogP contribution >= 0.6 is 0 Å². The molecule has 0 bridgehead atoms. The second kappa shape index (κ2) is 5.94. The predicted molar refractivity (Wildman–Crippen MR) is 58.2 cm³/mol. The van der Waals surface area contributed by atoms with E-state index >= 15 is 0 Å². The number of halogens is 2. The fraction of sp³-hybridized carbons (Fsp3) is 0.333. The Bertz CT molecular complexity index is 454. The summed E-state index contributed by atoms with van der Waals surface area (Å²) in [5, 5.41) is 8.44. The van der Waals surface area contributed by atoms with Crippen LogP contribution in [0.3, 0.4) is 0 Å². The third-order valence-corrected chi connectivity index (χ3v) is 2.34. The van der Waals surface area contributed by atoms with Crippen LogP contribution in [0.25, 0.3) is 0 Å². The number of carbonyl (C=O) groups excluding carboxylic acids is 1. The molecule has 3 nitrogen and oxygen atoms in total. The minimum atomic E-state index is -1.15. The average molecular weight is 238 g/mol. The van der Waals surface area contributed by atoms with Crippen LogP contribution in [-0.4, -0.2) is 23.9 Å². The zero-order valence-corrected chi connectivity index (χ0v) is 9.41. The summed E-state index contributed by atoms with van der Waals surface area (Å²) in [4.78, 5) is 13.2. The fourth-order valence-corrected chi connectivity index (χ4v) is 1.43. The van der Waals surface area contributed by atoms with Crippen molar-refractivity contribution in [3.05, 3.63) is 35.4 Å². The van der Waals surface area contributed by atoms with E-state index in [4.69, 9.17) is 5.26 Å². The van der Waals surface area contributed by atoms with Crippen LogP contribution in [0.2, 0.25) is 0 Å². The molecule has 0 spiro atoms. The van der Waals surface area contributed by atoms with Crippen LogP contribution in [0, 0.1) is 23.0 Å². The predicted octanol–water partition coefficient (Wildman–Crippen LogP) is 2.34. The molecule has 0 fully saturated rings. The summed E-state index contributed by atoms with van der Waals surface area (Å²) < 4.78 is 26.3. The van der Waals surface area contributed by atoms with Gasteiger partial charge in [-0.1, -0.05) is 6.07 Å². The van der Waals surface area contributed by atoms with Crippen LogP contribution in [-0.2, 0) is 0 Å². The molecule has 1 aromatic rings. The summed E-state index contributed by atoms with van der Waals surface area (Å²) in [6.45, 7) is 2.27. The van der Waals surface area contributed by atoms with Gasteiger partial charge in [0.05, 0.1) is 18.1 Å². The Labute approximate surface area is 98.3 Å². The quantitative estimate of drug-likeness (QED) is 0.808. The summed E-state index contributed by atoms with van der Waals surface area (Å²) in [6, 6.07) is 5.37. The summed E-state index contributed by atoms with van der Waals surface area (Å²) >= 11 is 0. The number of nitrogens with zero attached hydrogens (tertiary/aromatic N) is 2. The van der Waals surface area contributed by atoms with Gasteiger partial charge in [-0.2, -0.15) is 5.26 Å². The molecule has 90 valence electrons. The lowest BCUT2D eigenvalue weighted by molar-refractivity contribution is 0.0762. The van der Waals surface area contributed by atoms with Crippen molar-refractivity contribution in [2.24, 2.45) is 0 Å². The molecule has 5 heteroatoms. The van der Waals surface area contributed by atoms with Crippen molar-refractivity contribution in [2.75, 3.05) is 13.1 Å². The number of carbonyl (C=O) groups is 1. The minimum absolute atomic E-state index is 0.163. The molecule has 0 atom stereocenters. The largest absolute Gasteiger partial charge is 0.338 e. The highest BCUT2D eigenvalue weighted by atomic mass is 19.2. The van der Waals surface area contributed by atoms with Gasteiger partial charge in [0, 0.05) is 13.1 Å². The molecule has 17 heavy (non-hydrogen) atoms. The number of hydrogen-bond acceptors (Lipinski definition) is 2. The second-order valence-electron chi connectivity index (χ2n) is 3.39. The molecule has 0 saturated heterocycles. The first-order valence-corrected chi connectivity index (χ1v) is 5.22. The third kappa shape index (κ3) is 3.00. The van der Waals surface area contributed by atoms with Gasteiger partial charge in [0.1, 0.15) is 0 Å². The number of hydrogen-bond donors (Lipinski definition) is 0. The summed E-state index contributed by atoms with van der Waals surface area (Å²) in [5.74, 6) is -2.79. The molecule has 0 aromatic heterocycles. The molecular formula is C12H12F2N2O. The van der Waals surface area contributed by atoms with Crippen molar-refractivity contribution in [1.29, 1.82) is 5.26 Å². The highest BCUT2D eigenvalue weighted by Crippen LogP contribution is 2.13. The molecule has 0 saturated carbocycles. The van der Waals surface area contributed by atoms with Crippen molar-refractivity contribution in [3.63, 3.8) is 0 Å². The highest BCUT2D eigenvalue weighted by Gasteiger charge is 2.19. The lowest BCUT2D eigenvalue weighted by atomic mass is 10.1. The molecule has 0 aliphatic rings. The Hall–Kier alpha value is -1.96. The lowest BCUT2D eigenvalue weighted by Crippen LogP contribution is -2.32. The maximum absolute atomic E-state index is 13.4. The van der Waals surface area contributed by atoms with Gasteiger partial charge < -0.3 is 4.90 Å². The van der Waals surface area contributed by atoms with Crippen molar-refractivity contribution < 1.29 is 13.6 Å². The Balaban J connectivity index is 2.94. The van der Waals surface area contributed by atoms with Gasteiger partial charge in [0.25, 0.3) is 5.91 Å². The summed E-state index contributed by atoms with van der Waals surface area (Å²) in [6.07, 6.45) is 0.163. The van der Waals surface area contributed by atoms with Crippen LogP contribution in [0.5, 0.6) is 0 Å². The van der Waals surface area contributed by atoms with Gasteiger partial charge in [0.15, 0.2) is 11.6 Å². The Kier molecular flexibility index (Phi) is 4.58. The molecule has 0 N–H and O–H groups in total. The Morgan fingerprint density at radius 2 is 2.18 bits per heavy atom. The van der Waals surface area contributed by atoms with Gasteiger partial charge in [-0.05, 0) is 19.1 Å². The van der Waals surface area contributed by atoms with E-state index in [1.807, 2.05) is 6.07 Å². The molecule has 0 aliphatic carbocycles. The Morgan fingerprint density at radius 3 is 2.76 bits per heavy atom. The molecule has 1 rings (SSSR count). The first-order valence-electron chi connectivity index (χ1n) is 5.22. The Morgan fingerprint density at radius 1 is 1.47 bits per heavy atom. The summed E-state index contributed by atoms with van der Waals surface area (Å²) in [5.41, 5.74) is -0.301. The smallest absolute Gasteiger partial charge is 0.256 e. The van der Waals surface area contributed by atoms with E-state index in [0.29, 0.717) is 6.54 Å². The monoisotopic (exact) mass is 238 g/mol. The van der Waals surface area contributed by atoms with E-state index in [-0.39, 0.29) is 18.5 Å². The van der Waals surface area contributed by atoms with Crippen LogP contribution in [0.4, 0.5) is 8.78 Å². The molecular weight excluding hydrogens is 226 g/mol. The fourth-order valence-electron chi connectivity index (χ4n) is 1.43. The van der Waals surface area contributed by atoms with E-state index in [2.05, 4.69) is 0 Å². The number of rotatable bonds is 4. The minimum Gasteiger partial charge on any atom is -0.338 e. The molecule has 0 radical (unpaired) electrons. The van der Waals surface area contributed by atoms with E-state index in [9.17, 15) is 13.6 Å². The molecule has 1 aromatic carbocycles. The first kappa shape index (κ1) is 13.1. The molecule has 1 amide bonds. The standard InChI is InChI=1S/C12H12F2N2O/c1-2-16(8-4-7-15)12(17)9-5-3-6-10(13)11(9)14/h3,5-6H,2,4,8H2,1H3. The maximum Gasteiger partial charge on any atom is 0.256 e. The second-order valence-corrected chi connectivity index (χ2v) is 3.39. The van der Waals surface area contributed by atoms with E-state index in [1.54, 1.807) is 6.92 Å². The maximum atomic E-state index is 13.4. The van der Waals surface area contributed by atoms with Crippen molar-refractivity contribution >= 4 is 5.91 Å². The van der Waals surface area contributed by atoms with Gasteiger partial charge in [-0.25, -0.2) is 8.78 Å². The van der Waals surface area contributed by atoms with Gasteiger partial charge in [-0.15, -0.1) is 0 Å². The SMILES string of the molecule is CCN(CCC#N)C(=O)c1cccc(F)c1F. The lowest BCUT2D eigenvalue weighted by Gasteiger charge is -2.19. The van der Waals surface area contributed by atoms with Crippen molar-refractivity contribution in [2.45, 2.75) is 13.3 Å². The zero-order valence-electron chi connectivity index (χ0n) is 9.41. The molecule has 0 unspecified atom stereocenters. The van der Waals surface area contributed by atoms with E-state index < -0.39 is 17.5 Å². The number of benzene rings is 1. The normalized spacial score (nSPS) is 9.76. The highest BCUT2D eigenvalue weighted by molar-refractivity contribution is 5.94. The van der Waals surface area contributed by atoms with Crippen LogP contribution in [0.15, 0.2) is 18.2 Å². The molecule has 0 aliphatic heterocycles. The number of amides is 1. The average Bonchev–Trinajstić information content (AvgIpc) is 2.33. The zero-order chi connectivity index (χ0) is 12.8. The topological polar surface area (TPSA) is 44.1 Å². The number of nitriles is 1. The third-order valence-electron chi connectivity index (χ3n) is 2.34. The van der Waals surface area contributed by atoms with Gasteiger partial charge in [0.2, 0.25) is 0 Å².